The van der Waals surface area contributed by atoms with Crippen molar-refractivity contribution in [1.29, 1.82) is 0 Å². The molecule has 0 bridgehead atoms. The van der Waals surface area contributed by atoms with Crippen LogP contribution in [0.15, 0.2) is 53.4 Å². The number of nitrogens with zero attached hydrogens (tertiary/aromatic N) is 4. The standard InChI is InChI=1S/C23H27ClN4O5S/c24-22-4-2-1-3-19(22)17-25-13-15-26(16-14-25)23(29)18-9-11-27(12-10-18)34(32,33)21-7-5-20(6-8-21)28(30)31/h1-8,18H,9-17H2. The number of piperazine rings is 1. The molecule has 2 fully saturated rings. The zero-order valence-corrected chi connectivity index (χ0v) is 20.2. The number of hydrogen-bond donors (Lipinski definition) is 0. The number of sulfonamides is 1. The van der Waals surface area contributed by atoms with Gasteiger partial charge in [0.05, 0.1) is 9.82 Å². The SMILES string of the molecule is O=C(C1CCN(S(=O)(=O)c2ccc([N+](=O)[O-])cc2)CC1)N1CCN(Cc2ccccc2Cl)CC1. The molecule has 2 saturated heterocycles. The first-order valence-electron chi connectivity index (χ1n) is 11.2. The van der Waals surface area contributed by atoms with Gasteiger partial charge in [0, 0.05) is 68.9 Å². The number of nitro groups is 1. The summed E-state index contributed by atoms with van der Waals surface area (Å²) in [6.45, 7) is 4.08. The molecule has 2 aromatic carbocycles. The summed E-state index contributed by atoms with van der Waals surface area (Å²) in [4.78, 5) is 27.5. The summed E-state index contributed by atoms with van der Waals surface area (Å²) in [6, 6.07) is 12.7. The number of benzene rings is 2. The first kappa shape index (κ1) is 24.6. The molecular formula is C23H27ClN4O5S. The van der Waals surface area contributed by atoms with Crippen LogP contribution >= 0.6 is 11.6 Å². The van der Waals surface area contributed by atoms with E-state index in [0.29, 0.717) is 25.9 Å². The lowest BCUT2D eigenvalue weighted by atomic mass is 9.96. The molecule has 0 N–H and O–H groups in total. The van der Waals surface area contributed by atoms with Crippen LogP contribution in [0.5, 0.6) is 0 Å². The third-order valence-corrected chi connectivity index (χ3v) is 8.81. The molecule has 2 aliphatic heterocycles. The van der Waals surface area contributed by atoms with Gasteiger partial charge in [-0.3, -0.25) is 19.8 Å². The van der Waals surface area contributed by atoms with Gasteiger partial charge in [0.2, 0.25) is 15.9 Å². The topological polar surface area (TPSA) is 104 Å². The zero-order chi connectivity index (χ0) is 24.3. The maximum absolute atomic E-state index is 13.1. The van der Waals surface area contributed by atoms with Crippen molar-refractivity contribution in [3.8, 4) is 0 Å². The van der Waals surface area contributed by atoms with Crippen molar-refractivity contribution in [2.45, 2.75) is 24.3 Å². The van der Waals surface area contributed by atoms with E-state index < -0.39 is 14.9 Å². The molecule has 2 aliphatic rings. The summed E-state index contributed by atoms with van der Waals surface area (Å²) in [7, 11) is -3.75. The second-order valence-electron chi connectivity index (χ2n) is 8.62. The number of carbonyl (C=O) groups is 1. The van der Waals surface area contributed by atoms with Gasteiger partial charge in [-0.25, -0.2) is 8.42 Å². The van der Waals surface area contributed by atoms with Gasteiger partial charge >= 0.3 is 0 Å². The van der Waals surface area contributed by atoms with Crippen LogP contribution < -0.4 is 0 Å². The number of piperidine rings is 1. The molecule has 0 aromatic heterocycles. The molecule has 0 atom stereocenters. The first-order valence-corrected chi connectivity index (χ1v) is 13.1. The Kier molecular flexibility index (Phi) is 7.51. The lowest BCUT2D eigenvalue weighted by molar-refractivity contribution is -0.384. The Morgan fingerprint density at radius 2 is 1.59 bits per heavy atom. The van der Waals surface area contributed by atoms with Crippen LogP contribution in [0.3, 0.4) is 0 Å². The third-order valence-electron chi connectivity index (χ3n) is 6.52. The molecular weight excluding hydrogens is 480 g/mol. The fraction of sp³-hybridized carbons (Fsp3) is 0.435. The number of carbonyl (C=O) groups excluding carboxylic acids is 1. The number of amides is 1. The maximum atomic E-state index is 13.1. The van der Waals surface area contributed by atoms with E-state index in [9.17, 15) is 23.3 Å². The molecule has 9 nitrogen and oxygen atoms in total. The molecule has 4 rings (SSSR count). The monoisotopic (exact) mass is 506 g/mol. The van der Waals surface area contributed by atoms with Crippen molar-refractivity contribution < 1.29 is 18.1 Å². The largest absolute Gasteiger partial charge is 0.340 e. The highest BCUT2D eigenvalue weighted by atomic mass is 35.5. The van der Waals surface area contributed by atoms with Crippen molar-refractivity contribution in [3.05, 3.63) is 69.2 Å². The molecule has 0 unspecified atom stereocenters. The quantitative estimate of drug-likeness (QED) is 0.440. The number of halogens is 1. The highest BCUT2D eigenvalue weighted by molar-refractivity contribution is 7.89. The summed E-state index contributed by atoms with van der Waals surface area (Å²) in [5, 5.41) is 11.6. The second-order valence-corrected chi connectivity index (χ2v) is 11.0. The Morgan fingerprint density at radius 3 is 2.18 bits per heavy atom. The average Bonchev–Trinajstić information content (AvgIpc) is 2.85. The van der Waals surface area contributed by atoms with Crippen LogP contribution in [-0.2, 0) is 21.4 Å². The minimum Gasteiger partial charge on any atom is -0.340 e. The summed E-state index contributed by atoms with van der Waals surface area (Å²) < 4.78 is 27.2. The lowest BCUT2D eigenvalue weighted by Gasteiger charge is -2.38. The number of rotatable bonds is 6. The Bertz CT molecular complexity index is 1140. The van der Waals surface area contributed by atoms with Gasteiger partial charge in [0.15, 0.2) is 0 Å². The van der Waals surface area contributed by atoms with E-state index in [0.717, 1.165) is 30.2 Å². The maximum Gasteiger partial charge on any atom is 0.269 e. The summed E-state index contributed by atoms with van der Waals surface area (Å²) >= 11 is 6.26. The van der Waals surface area contributed by atoms with E-state index in [2.05, 4.69) is 4.90 Å². The fourth-order valence-electron chi connectivity index (χ4n) is 4.48. The van der Waals surface area contributed by atoms with Crippen molar-refractivity contribution in [2.75, 3.05) is 39.3 Å². The lowest BCUT2D eigenvalue weighted by Crippen LogP contribution is -2.51. The smallest absolute Gasteiger partial charge is 0.269 e. The highest BCUT2D eigenvalue weighted by Crippen LogP contribution is 2.27. The van der Waals surface area contributed by atoms with Crippen LogP contribution in [0.2, 0.25) is 5.02 Å². The van der Waals surface area contributed by atoms with Crippen molar-refractivity contribution in [3.63, 3.8) is 0 Å². The van der Waals surface area contributed by atoms with Gasteiger partial charge in [-0.05, 0) is 36.6 Å². The van der Waals surface area contributed by atoms with Gasteiger partial charge in [-0.1, -0.05) is 29.8 Å². The molecule has 11 heteroatoms. The van der Waals surface area contributed by atoms with E-state index >= 15 is 0 Å². The van der Waals surface area contributed by atoms with Crippen LogP contribution in [-0.4, -0.2) is 72.6 Å². The van der Waals surface area contributed by atoms with E-state index in [1.165, 1.54) is 28.6 Å². The number of hydrogen-bond acceptors (Lipinski definition) is 6. The molecule has 34 heavy (non-hydrogen) atoms. The summed E-state index contributed by atoms with van der Waals surface area (Å²) in [5.41, 5.74) is 0.917. The normalized spacial score (nSPS) is 18.7. The Labute approximate surface area is 204 Å². The molecule has 1 amide bonds. The fourth-order valence-corrected chi connectivity index (χ4v) is 6.15. The Hall–Kier alpha value is -2.53. The van der Waals surface area contributed by atoms with Crippen LogP contribution in [0.1, 0.15) is 18.4 Å². The van der Waals surface area contributed by atoms with Crippen LogP contribution in [0.25, 0.3) is 0 Å². The van der Waals surface area contributed by atoms with Gasteiger partial charge in [0.1, 0.15) is 0 Å². The highest BCUT2D eigenvalue weighted by Gasteiger charge is 2.34. The van der Waals surface area contributed by atoms with Crippen LogP contribution in [0, 0.1) is 16.0 Å². The predicted octanol–water partition coefficient (Wildman–Crippen LogP) is 2.99. The number of nitro benzene ring substituents is 1. The zero-order valence-electron chi connectivity index (χ0n) is 18.7. The summed E-state index contributed by atoms with van der Waals surface area (Å²) in [5.74, 6) is -0.108. The molecule has 2 aromatic rings. The summed E-state index contributed by atoms with van der Waals surface area (Å²) in [6.07, 6.45) is 0.926. The number of non-ortho nitro benzene ring substituents is 1. The molecule has 0 radical (unpaired) electrons. The molecule has 0 saturated carbocycles. The van der Waals surface area contributed by atoms with E-state index in [4.69, 9.17) is 11.6 Å². The third kappa shape index (κ3) is 5.41. The van der Waals surface area contributed by atoms with Gasteiger partial charge in [0.25, 0.3) is 5.69 Å². The average molecular weight is 507 g/mol. The van der Waals surface area contributed by atoms with Crippen molar-refractivity contribution in [1.82, 2.24) is 14.1 Å². The van der Waals surface area contributed by atoms with E-state index in [-0.39, 0.29) is 35.5 Å². The van der Waals surface area contributed by atoms with E-state index in [1.54, 1.807) is 0 Å². The van der Waals surface area contributed by atoms with Gasteiger partial charge in [-0.2, -0.15) is 4.31 Å². The minimum atomic E-state index is -3.75. The Morgan fingerprint density at radius 1 is 0.971 bits per heavy atom. The predicted molar refractivity (Wildman–Crippen MR) is 128 cm³/mol. The van der Waals surface area contributed by atoms with E-state index in [1.807, 2.05) is 29.2 Å². The molecule has 0 spiro atoms. The van der Waals surface area contributed by atoms with Gasteiger partial charge in [-0.15, -0.1) is 0 Å². The van der Waals surface area contributed by atoms with Crippen molar-refractivity contribution >= 4 is 33.2 Å². The molecule has 2 heterocycles. The van der Waals surface area contributed by atoms with Crippen molar-refractivity contribution in [2.24, 2.45) is 5.92 Å². The Balaban J connectivity index is 1.28. The second kappa shape index (κ2) is 10.4. The molecule has 0 aliphatic carbocycles. The minimum absolute atomic E-state index is 0.0255. The van der Waals surface area contributed by atoms with Crippen LogP contribution in [0.4, 0.5) is 5.69 Å². The molecule has 182 valence electrons. The van der Waals surface area contributed by atoms with Gasteiger partial charge < -0.3 is 4.90 Å². The first-order chi connectivity index (χ1) is 16.3.